The van der Waals surface area contributed by atoms with E-state index in [0.717, 1.165) is 31.5 Å². The molecule has 2 heteroatoms. The van der Waals surface area contributed by atoms with Gasteiger partial charge in [0.1, 0.15) is 0 Å². The first kappa shape index (κ1) is 15.5. The first-order valence-corrected chi connectivity index (χ1v) is 6.99. The molecule has 0 heterocycles. The lowest BCUT2D eigenvalue weighted by Crippen LogP contribution is -2.16. The molecule has 0 aliphatic heterocycles. The number of hydrogen-bond acceptors (Lipinski definition) is 2. The minimum absolute atomic E-state index is 0.866. The summed E-state index contributed by atoms with van der Waals surface area (Å²) in [5.74, 6) is 0. The smallest absolute Gasteiger partial charge is 0.0382 e. The van der Waals surface area contributed by atoms with Crippen molar-refractivity contribution in [3.63, 3.8) is 0 Å². The SMILES string of the molecule is C=C(C)CCc1ccc(N/C(=C\CC)CNC)cc1. The third-order valence-corrected chi connectivity index (χ3v) is 2.92. The van der Waals surface area contributed by atoms with Gasteiger partial charge in [-0.1, -0.05) is 30.7 Å². The molecule has 0 aliphatic carbocycles. The summed E-state index contributed by atoms with van der Waals surface area (Å²) in [6, 6.07) is 8.67. The summed E-state index contributed by atoms with van der Waals surface area (Å²) >= 11 is 0. The predicted molar refractivity (Wildman–Crippen MR) is 85.5 cm³/mol. The number of likely N-dealkylation sites (N-methyl/N-ethyl adjacent to an activating group) is 1. The van der Waals surface area contributed by atoms with E-state index in [2.05, 4.69) is 61.4 Å². The van der Waals surface area contributed by atoms with Crippen molar-refractivity contribution in [1.82, 2.24) is 5.32 Å². The molecule has 19 heavy (non-hydrogen) atoms. The molecule has 0 atom stereocenters. The Labute approximate surface area is 117 Å². The number of allylic oxidation sites excluding steroid dienone is 2. The molecule has 0 saturated heterocycles. The van der Waals surface area contributed by atoms with E-state index < -0.39 is 0 Å². The van der Waals surface area contributed by atoms with Gasteiger partial charge in [-0.25, -0.2) is 0 Å². The zero-order chi connectivity index (χ0) is 14.1. The van der Waals surface area contributed by atoms with Crippen LogP contribution >= 0.6 is 0 Å². The Bertz CT molecular complexity index is 415. The van der Waals surface area contributed by atoms with Crippen LogP contribution in [-0.2, 0) is 6.42 Å². The van der Waals surface area contributed by atoms with Gasteiger partial charge >= 0.3 is 0 Å². The predicted octanol–water partition coefficient (Wildman–Crippen LogP) is 4.12. The molecule has 0 amide bonds. The largest absolute Gasteiger partial charge is 0.358 e. The van der Waals surface area contributed by atoms with Gasteiger partial charge in [-0.2, -0.15) is 0 Å². The number of rotatable bonds is 8. The van der Waals surface area contributed by atoms with E-state index >= 15 is 0 Å². The second kappa shape index (κ2) is 8.54. The molecule has 1 aromatic rings. The van der Waals surface area contributed by atoms with E-state index in [9.17, 15) is 0 Å². The molecule has 0 bridgehead atoms. The molecule has 0 aromatic heterocycles. The average Bonchev–Trinajstić information content (AvgIpc) is 2.38. The van der Waals surface area contributed by atoms with E-state index in [0.29, 0.717) is 0 Å². The minimum Gasteiger partial charge on any atom is -0.358 e. The maximum Gasteiger partial charge on any atom is 0.0382 e. The highest BCUT2D eigenvalue weighted by atomic mass is 14.9. The zero-order valence-corrected chi connectivity index (χ0v) is 12.4. The molecule has 0 spiro atoms. The highest BCUT2D eigenvalue weighted by Crippen LogP contribution is 2.14. The summed E-state index contributed by atoms with van der Waals surface area (Å²) in [5.41, 5.74) is 4.97. The number of anilines is 1. The lowest BCUT2D eigenvalue weighted by atomic mass is 10.1. The van der Waals surface area contributed by atoms with Crippen molar-refractivity contribution in [1.29, 1.82) is 0 Å². The van der Waals surface area contributed by atoms with E-state index in [1.165, 1.54) is 16.8 Å². The van der Waals surface area contributed by atoms with Gasteiger partial charge in [0, 0.05) is 17.9 Å². The van der Waals surface area contributed by atoms with Crippen LogP contribution < -0.4 is 10.6 Å². The van der Waals surface area contributed by atoms with Crippen molar-refractivity contribution in [2.75, 3.05) is 18.9 Å². The summed E-state index contributed by atoms with van der Waals surface area (Å²) in [7, 11) is 1.96. The Hall–Kier alpha value is -1.54. The van der Waals surface area contributed by atoms with E-state index in [-0.39, 0.29) is 0 Å². The molecule has 2 N–H and O–H groups in total. The topological polar surface area (TPSA) is 24.1 Å². The maximum absolute atomic E-state index is 3.94. The Morgan fingerprint density at radius 2 is 1.95 bits per heavy atom. The van der Waals surface area contributed by atoms with Gasteiger partial charge in [0.25, 0.3) is 0 Å². The monoisotopic (exact) mass is 258 g/mol. The van der Waals surface area contributed by atoms with Crippen LogP contribution in [-0.4, -0.2) is 13.6 Å². The first-order valence-electron chi connectivity index (χ1n) is 6.99. The summed E-state index contributed by atoms with van der Waals surface area (Å²) in [6.07, 6.45) is 5.39. The van der Waals surface area contributed by atoms with Crippen LogP contribution in [0.25, 0.3) is 0 Å². The summed E-state index contributed by atoms with van der Waals surface area (Å²) in [4.78, 5) is 0. The van der Waals surface area contributed by atoms with Gasteiger partial charge in [0.15, 0.2) is 0 Å². The van der Waals surface area contributed by atoms with Crippen LogP contribution in [0.5, 0.6) is 0 Å². The highest BCUT2D eigenvalue weighted by Gasteiger charge is 1.98. The van der Waals surface area contributed by atoms with Gasteiger partial charge in [-0.05, 0) is 50.9 Å². The van der Waals surface area contributed by atoms with Crippen molar-refractivity contribution in [3.8, 4) is 0 Å². The third kappa shape index (κ3) is 6.25. The number of nitrogens with one attached hydrogen (secondary N) is 2. The lowest BCUT2D eigenvalue weighted by molar-refractivity contribution is 0.876. The zero-order valence-electron chi connectivity index (χ0n) is 12.4. The Kier molecular flexibility index (Phi) is 6.98. The molecular weight excluding hydrogens is 232 g/mol. The Morgan fingerprint density at radius 3 is 2.47 bits per heavy atom. The van der Waals surface area contributed by atoms with Crippen LogP contribution in [0.3, 0.4) is 0 Å². The van der Waals surface area contributed by atoms with Gasteiger partial charge in [-0.15, -0.1) is 6.58 Å². The molecule has 0 fully saturated rings. The Morgan fingerprint density at radius 1 is 1.26 bits per heavy atom. The second-order valence-electron chi connectivity index (χ2n) is 4.95. The number of aryl methyl sites for hydroxylation is 1. The lowest BCUT2D eigenvalue weighted by Gasteiger charge is -2.11. The molecule has 1 aromatic carbocycles. The Balaban J connectivity index is 2.60. The van der Waals surface area contributed by atoms with Gasteiger partial charge < -0.3 is 10.6 Å². The van der Waals surface area contributed by atoms with E-state index in [4.69, 9.17) is 0 Å². The standard InChI is InChI=1S/C17H26N2/c1-5-6-17(13-18-4)19-16-11-9-15(10-12-16)8-7-14(2)3/h6,9-12,18-19H,2,5,7-8,13H2,1,3-4H3/b17-6-. The fourth-order valence-corrected chi connectivity index (χ4v) is 1.90. The second-order valence-corrected chi connectivity index (χ2v) is 4.95. The van der Waals surface area contributed by atoms with E-state index in [1.807, 2.05) is 7.05 Å². The normalized spacial score (nSPS) is 11.4. The van der Waals surface area contributed by atoms with E-state index in [1.54, 1.807) is 0 Å². The molecule has 0 saturated carbocycles. The summed E-state index contributed by atoms with van der Waals surface area (Å²) in [6.45, 7) is 9.04. The summed E-state index contributed by atoms with van der Waals surface area (Å²) < 4.78 is 0. The summed E-state index contributed by atoms with van der Waals surface area (Å²) in [5, 5.41) is 6.63. The van der Waals surface area contributed by atoms with Crippen molar-refractivity contribution in [3.05, 3.63) is 53.8 Å². The molecule has 104 valence electrons. The molecule has 0 radical (unpaired) electrons. The van der Waals surface area contributed by atoms with Gasteiger partial charge in [0.05, 0.1) is 0 Å². The van der Waals surface area contributed by atoms with Crippen molar-refractivity contribution >= 4 is 5.69 Å². The fraction of sp³-hybridized carbons (Fsp3) is 0.412. The molecular formula is C17H26N2. The van der Waals surface area contributed by atoms with Crippen molar-refractivity contribution < 1.29 is 0 Å². The first-order chi connectivity index (χ1) is 9.15. The van der Waals surface area contributed by atoms with Crippen molar-refractivity contribution in [2.24, 2.45) is 0 Å². The molecule has 0 unspecified atom stereocenters. The number of benzene rings is 1. The van der Waals surface area contributed by atoms with Crippen LogP contribution in [0.15, 0.2) is 48.2 Å². The van der Waals surface area contributed by atoms with Crippen LogP contribution in [0.1, 0.15) is 32.3 Å². The third-order valence-electron chi connectivity index (χ3n) is 2.92. The van der Waals surface area contributed by atoms with Crippen LogP contribution in [0.4, 0.5) is 5.69 Å². The number of hydrogen-bond donors (Lipinski definition) is 2. The minimum atomic E-state index is 0.866. The van der Waals surface area contributed by atoms with Crippen LogP contribution in [0, 0.1) is 0 Å². The fourth-order valence-electron chi connectivity index (χ4n) is 1.90. The van der Waals surface area contributed by atoms with Gasteiger partial charge in [-0.3, -0.25) is 0 Å². The highest BCUT2D eigenvalue weighted by molar-refractivity contribution is 5.49. The van der Waals surface area contributed by atoms with Crippen LogP contribution in [0.2, 0.25) is 0 Å². The van der Waals surface area contributed by atoms with Crippen molar-refractivity contribution in [2.45, 2.75) is 33.1 Å². The molecule has 0 aliphatic rings. The molecule has 2 nitrogen and oxygen atoms in total. The quantitative estimate of drug-likeness (QED) is 0.685. The maximum atomic E-state index is 3.94. The van der Waals surface area contributed by atoms with Gasteiger partial charge in [0.2, 0.25) is 0 Å². The molecule has 1 rings (SSSR count). The average molecular weight is 258 g/mol.